The maximum Gasteiger partial charge on any atom is 0.252 e. The van der Waals surface area contributed by atoms with E-state index < -0.39 is 5.41 Å². The molecule has 0 amide bonds. The van der Waals surface area contributed by atoms with Crippen LogP contribution in [0.1, 0.15) is 74.9 Å². The second-order valence-corrected chi connectivity index (χ2v) is 22.1. The molecule has 0 bridgehead atoms. The molecule has 0 fully saturated rings. The van der Waals surface area contributed by atoms with Gasteiger partial charge < -0.3 is 14.7 Å². The summed E-state index contributed by atoms with van der Waals surface area (Å²) in [7, 11) is 0. The van der Waals surface area contributed by atoms with Gasteiger partial charge in [0.25, 0.3) is 6.71 Å². The topological polar surface area (TPSA) is 9.72 Å². The van der Waals surface area contributed by atoms with Gasteiger partial charge >= 0.3 is 0 Å². The summed E-state index contributed by atoms with van der Waals surface area (Å²) < 4.78 is 0. The maximum atomic E-state index is 2.63. The van der Waals surface area contributed by atoms with E-state index in [1.54, 1.807) is 0 Å². The second kappa shape index (κ2) is 16.9. The largest absolute Gasteiger partial charge is 0.311 e. The smallest absolute Gasteiger partial charge is 0.252 e. The van der Waals surface area contributed by atoms with Crippen molar-refractivity contribution in [3.8, 4) is 11.1 Å². The van der Waals surface area contributed by atoms with Gasteiger partial charge in [0.05, 0.1) is 11.1 Å². The van der Waals surface area contributed by atoms with Gasteiger partial charge in [0.1, 0.15) is 0 Å². The molecule has 10 aromatic carbocycles. The van der Waals surface area contributed by atoms with Crippen LogP contribution in [-0.4, -0.2) is 6.71 Å². The molecule has 352 valence electrons. The van der Waals surface area contributed by atoms with Crippen molar-refractivity contribution in [3.63, 3.8) is 0 Å². The van der Waals surface area contributed by atoms with E-state index in [0.29, 0.717) is 0 Å². The summed E-state index contributed by atoms with van der Waals surface area (Å²) in [5, 5.41) is 0. The molecule has 0 aromatic heterocycles. The predicted molar refractivity (Wildman–Crippen MR) is 310 cm³/mol. The monoisotopic (exact) mass is 939 g/mol. The van der Waals surface area contributed by atoms with Gasteiger partial charge in [-0.2, -0.15) is 0 Å². The Morgan fingerprint density at radius 2 is 0.890 bits per heavy atom. The summed E-state index contributed by atoms with van der Waals surface area (Å²) in [5.74, 6) is 0. The zero-order valence-electron chi connectivity index (χ0n) is 42.5. The Labute approximate surface area is 431 Å². The summed E-state index contributed by atoms with van der Waals surface area (Å²) in [6.07, 6.45) is 0. The molecular formula is C69H58BN3. The van der Waals surface area contributed by atoms with Gasteiger partial charge in [-0.15, -0.1) is 0 Å². The van der Waals surface area contributed by atoms with Crippen molar-refractivity contribution in [3.05, 3.63) is 276 Å². The van der Waals surface area contributed by atoms with E-state index in [-0.39, 0.29) is 17.5 Å². The first-order valence-corrected chi connectivity index (χ1v) is 25.9. The SMILES string of the molecule is CC(C)(C)c1ccc(N2c3ccc(C(C)(C)C)cc3B3c4ccc(N(c5ccccc5)c5ccccc5)cc4N(c4cccc5c4-c4ccccc4C5(c4ccccc4)c4ccccc4)c4cccc2c43)cc1. The zero-order chi connectivity index (χ0) is 49.6. The average Bonchev–Trinajstić information content (AvgIpc) is 3.74. The molecule has 0 radical (unpaired) electrons. The highest BCUT2D eigenvalue weighted by Gasteiger charge is 2.49. The standard InChI is InChI=1S/C69H58BN3/c1-67(2,3)47-37-40-53(41-38-47)72-60-44-39-50(68(4,5)6)45-59(60)70-58-43-42-54(71(51-27-15-9-16-28-51)52-29-17-10-18-30-52)46-64(58)73(63-36-22-35-62(72)66(63)70)61-34-21-33-57-65(61)55-31-19-20-32-56(55)69(57,48-23-11-7-12-24-48)49-25-13-8-14-26-49/h7-46H,1-6H3. The molecule has 3 aliphatic rings. The molecule has 2 aliphatic heterocycles. The fourth-order valence-corrected chi connectivity index (χ4v) is 12.4. The number of nitrogens with zero attached hydrogens (tertiary/aromatic N) is 3. The van der Waals surface area contributed by atoms with Crippen LogP contribution < -0.4 is 31.1 Å². The lowest BCUT2D eigenvalue weighted by Crippen LogP contribution is -2.61. The molecule has 0 saturated carbocycles. The molecule has 10 aromatic rings. The number of hydrogen-bond donors (Lipinski definition) is 0. The van der Waals surface area contributed by atoms with Crippen molar-refractivity contribution >= 4 is 74.3 Å². The molecule has 3 nitrogen and oxygen atoms in total. The fourth-order valence-electron chi connectivity index (χ4n) is 12.4. The molecule has 13 rings (SSSR count). The first-order valence-electron chi connectivity index (χ1n) is 25.9. The first-order chi connectivity index (χ1) is 35.5. The molecule has 0 N–H and O–H groups in total. The number of para-hydroxylation sites is 2. The molecule has 0 unspecified atom stereocenters. The van der Waals surface area contributed by atoms with Crippen LogP contribution in [0.15, 0.2) is 243 Å². The highest BCUT2D eigenvalue weighted by Crippen LogP contribution is 2.60. The van der Waals surface area contributed by atoms with Gasteiger partial charge in [-0.05, 0) is 139 Å². The van der Waals surface area contributed by atoms with Crippen molar-refractivity contribution < 1.29 is 0 Å². The van der Waals surface area contributed by atoms with E-state index in [4.69, 9.17) is 0 Å². The minimum atomic E-state index is -0.556. The third-order valence-corrected chi connectivity index (χ3v) is 15.8. The maximum absolute atomic E-state index is 2.63. The van der Waals surface area contributed by atoms with E-state index in [1.165, 1.54) is 83.6 Å². The minimum Gasteiger partial charge on any atom is -0.311 e. The van der Waals surface area contributed by atoms with Crippen molar-refractivity contribution in [1.29, 1.82) is 0 Å². The van der Waals surface area contributed by atoms with Crippen LogP contribution in [0.2, 0.25) is 0 Å². The van der Waals surface area contributed by atoms with E-state index in [0.717, 1.165) is 28.4 Å². The first kappa shape index (κ1) is 44.6. The van der Waals surface area contributed by atoms with Gasteiger partial charge in [-0.1, -0.05) is 211 Å². The minimum absolute atomic E-state index is 0.0315. The van der Waals surface area contributed by atoms with Crippen molar-refractivity contribution in [2.24, 2.45) is 0 Å². The van der Waals surface area contributed by atoms with Crippen LogP contribution in [0.4, 0.5) is 51.2 Å². The number of fused-ring (bicyclic) bond motifs is 7. The lowest BCUT2D eigenvalue weighted by molar-refractivity contribution is 0.590. The van der Waals surface area contributed by atoms with E-state index in [1.807, 2.05) is 0 Å². The molecule has 73 heavy (non-hydrogen) atoms. The Kier molecular flexibility index (Phi) is 10.3. The molecule has 2 heterocycles. The highest BCUT2D eigenvalue weighted by atomic mass is 15.2. The fraction of sp³-hybridized carbons (Fsp3) is 0.130. The second-order valence-electron chi connectivity index (χ2n) is 22.1. The van der Waals surface area contributed by atoms with Gasteiger partial charge in [0, 0.05) is 51.1 Å². The van der Waals surface area contributed by atoms with Gasteiger partial charge in [-0.3, -0.25) is 0 Å². The predicted octanol–water partition coefficient (Wildman–Crippen LogP) is 16.2. The number of benzene rings is 10. The average molecular weight is 940 g/mol. The lowest BCUT2D eigenvalue weighted by atomic mass is 9.33. The van der Waals surface area contributed by atoms with Crippen LogP contribution in [0, 0.1) is 0 Å². The van der Waals surface area contributed by atoms with Crippen LogP contribution in [0.5, 0.6) is 0 Å². The Balaban J connectivity index is 1.13. The summed E-state index contributed by atoms with van der Waals surface area (Å²) in [6.45, 7) is 13.8. The molecule has 0 spiro atoms. The molecular weight excluding hydrogens is 882 g/mol. The normalized spacial score (nSPS) is 13.9. The van der Waals surface area contributed by atoms with Gasteiger partial charge in [0.2, 0.25) is 0 Å². The number of anilines is 9. The zero-order valence-corrected chi connectivity index (χ0v) is 42.5. The van der Waals surface area contributed by atoms with Crippen LogP contribution in [0.25, 0.3) is 11.1 Å². The van der Waals surface area contributed by atoms with Gasteiger partial charge in [-0.25, -0.2) is 0 Å². The van der Waals surface area contributed by atoms with E-state index in [2.05, 4.69) is 299 Å². The van der Waals surface area contributed by atoms with Crippen LogP contribution >= 0.6 is 0 Å². The Morgan fingerprint density at radius 3 is 1.51 bits per heavy atom. The molecule has 0 atom stereocenters. The van der Waals surface area contributed by atoms with Crippen molar-refractivity contribution in [2.75, 3.05) is 14.7 Å². The van der Waals surface area contributed by atoms with Crippen molar-refractivity contribution in [2.45, 2.75) is 57.8 Å². The van der Waals surface area contributed by atoms with Crippen LogP contribution in [-0.2, 0) is 16.2 Å². The third kappa shape index (κ3) is 6.95. The summed E-state index contributed by atoms with van der Waals surface area (Å²) in [4.78, 5) is 7.57. The quantitative estimate of drug-likeness (QED) is 0.147. The summed E-state index contributed by atoms with van der Waals surface area (Å²) in [6, 6.07) is 91.1. The molecule has 1 aliphatic carbocycles. The molecule has 0 saturated heterocycles. The molecule has 4 heteroatoms. The van der Waals surface area contributed by atoms with E-state index in [9.17, 15) is 0 Å². The Morgan fingerprint density at radius 1 is 0.370 bits per heavy atom. The summed E-state index contributed by atoms with van der Waals surface area (Å²) in [5.41, 5.74) is 23.9. The summed E-state index contributed by atoms with van der Waals surface area (Å²) >= 11 is 0. The van der Waals surface area contributed by atoms with Gasteiger partial charge in [0.15, 0.2) is 0 Å². The highest BCUT2D eigenvalue weighted by molar-refractivity contribution is 7.00. The van der Waals surface area contributed by atoms with Crippen molar-refractivity contribution in [1.82, 2.24) is 0 Å². The third-order valence-electron chi connectivity index (χ3n) is 15.8. The number of rotatable bonds is 7. The lowest BCUT2D eigenvalue weighted by Gasteiger charge is -2.45. The Hall–Kier alpha value is -8.34. The van der Waals surface area contributed by atoms with Crippen LogP contribution in [0.3, 0.4) is 0 Å². The Bertz CT molecular complexity index is 3630. The van der Waals surface area contributed by atoms with E-state index >= 15 is 0 Å². The number of hydrogen-bond acceptors (Lipinski definition) is 3.